The molecule has 1 N–H and O–H groups in total. The average molecular weight is 415 g/mol. The Kier molecular flexibility index (Phi) is 6.57. The summed E-state index contributed by atoms with van der Waals surface area (Å²) < 4.78 is 11.6. The van der Waals surface area contributed by atoms with E-state index in [1.165, 1.54) is 5.56 Å². The van der Waals surface area contributed by atoms with Gasteiger partial charge in [-0.25, -0.2) is 4.98 Å². The number of nitrogens with zero attached hydrogens (tertiary/aromatic N) is 2. The minimum atomic E-state index is -0.180. The molecule has 158 valence electrons. The molecule has 0 spiro atoms. The minimum Gasteiger partial charge on any atom is -0.487 e. The summed E-state index contributed by atoms with van der Waals surface area (Å²) in [6.45, 7) is 2.28. The fourth-order valence-electron chi connectivity index (χ4n) is 3.34. The van der Waals surface area contributed by atoms with Crippen molar-refractivity contribution in [1.29, 1.82) is 0 Å². The second-order valence-electron chi connectivity index (χ2n) is 7.46. The Morgan fingerprint density at radius 3 is 2.77 bits per heavy atom. The van der Waals surface area contributed by atoms with Gasteiger partial charge in [0.05, 0.1) is 12.7 Å². The first-order valence-corrected chi connectivity index (χ1v) is 10.5. The fourth-order valence-corrected chi connectivity index (χ4v) is 3.34. The smallest absolute Gasteiger partial charge is 0.251 e. The zero-order valence-electron chi connectivity index (χ0n) is 17.5. The van der Waals surface area contributed by atoms with E-state index < -0.39 is 0 Å². The normalized spacial score (nSPS) is 11.9. The Labute approximate surface area is 181 Å². The summed E-state index contributed by atoms with van der Waals surface area (Å²) in [5.74, 6) is 1.20. The summed E-state index contributed by atoms with van der Waals surface area (Å²) in [6, 6.07) is 19.3. The molecule has 1 atom stereocenters. The first-order chi connectivity index (χ1) is 15.2. The number of hydrogen-bond acceptors (Lipinski definition) is 5. The number of carbonyl (C=O) groups excluding carboxylic acids is 1. The van der Waals surface area contributed by atoms with Gasteiger partial charge in [0.25, 0.3) is 5.91 Å². The third kappa shape index (κ3) is 5.69. The molecule has 31 heavy (non-hydrogen) atoms. The number of pyridine rings is 1. The zero-order valence-corrected chi connectivity index (χ0v) is 17.5. The van der Waals surface area contributed by atoms with Crippen LogP contribution in [-0.2, 0) is 12.8 Å². The quantitative estimate of drug-likeness (QED) is 0.432. The monoisotopic (exact) mass is 415 g/mol. The molecule has 6 heteroatoms. The Hall–Kier alpha value is -3.67. The van der Waals surface area contributed by atoms with E-state index in [4.69, 9.17) is 9.15 Å². The van der Waals surface area contributed by atoms with Crippen LogP contribution in [0.1, 0.15) is 35.2 Å². The van der Waals surface area contributed by atoms with Crippen LogP contribution in [0.2, 0.25) is 0 Å². The van der Waals surface area contributed by atoms with Crippen LogP contribution in [0, 0.1) is 0 Å². The van der Waals surface area contributed by atoms with Gasteiger partial charge in [0.15, 0.2) is 11.5 Å². The van der Waals surface area contributed by atoms with Crippen molar-refractivity contribution in [3.63, 3.8) is 0 Å². The van der Waals surface area contributed by atoms with Gasteiger partial charge >= 0.3 is 0 Å². The van der Waals surface area contributed by atoms with E-state index in [0.29, 0.717) is 34.8 Å². The molecule has 2 heterocycles. The number of amides is 1. The predicted octanol–water partition coefficient (Wildman–Crippen LogP) is 4.60. The summed E-state index contributed by atoms with van der Waals surface area (Å²) in [6.07, 6.45) is 5.85. The second kappa shape index (κ2) is 9.89. The van der Waals surface area contributed by atoms with Gasteiger partial charge < -0.3 is 14.5 Å². The number of ether oxygens (including phenoxy) is 1. The van der Waals surface area contributed by atoms with Crippen LogP contribution in [0.4, 0.5) is 0 Å². The molecule has 1 unspecified atom stereocenters. The SMILES string of the molecule is CC(CNC(=O)c1ccc2oc(CCCc3ccccc3)nc2c1)Oc1cccnc1. The first kappa shape index (κ1) is 20.6. The summed E-state index contributed by atoms with van der Waals surface area (Å²) in [5.41, 5.74) is 3.24. The van der Waals surface area contributed by atoms with E-state index in [1.807, 2.05) is 37.3 Å². The van der Waals surface area contributed by atoms with E-state index in [0.717, 1.165) is 19.3 Å². The molecular weight excluding hydrogens is 390 g/mol. The van der Waals surface area contributed by atoms with Crippen LogP contribution in [0.5, 0.6) is 5.75 Å². The molecule has 0 aliphatic heterocycles. The molecular formula is C25H25N3O3. The first-order valence-electron chi connectivity index (χ1n) is 10.5. The molecule has 0 bridgehead atoms. The van der Waals surface area contributed by atoms with Gasteiger partial charge in [0.2, 0.25) is 0 Å². The van der Waals surface area contributed by atoms with Gasteiger partial charge in [-0.15, -0.1) is 0 Å². The van der Waals surface area contributed by atoms with Crippen molar-refractivity contribution in [1.82, 2.24) is 15.3 Å². The third-order valence-electron chi connectivity index (χ3n) is 4.91. The highest BCUT2D eigenvalue weighted by atomic mass is 16.5. The molecule has 0 fully saturated rings. The van der Waals surface area contributed by atoms with Crippen molar-refractivity contribution in [3.05, 3.63) is 90.1 Å². The molecule has 0 radical (unpaired) electrons. The number of hydrogen-bond donors (Lipinski definition) is 1. The highest BCUT2D eigenvalue weighted by molar-refractivity contribution is 5.97. The van der Waals surface area contributed by atoms with Crippen LogP contribution in [0.3, 0.4) is 0 Å². The van der Waals surface area contributed by atoms with Gasteiger partial charge in [-0.05, 0) is 55.7 Å². The number of fused-ring (bicyclic) bond motifs is 1. The Bertz CT molecular complexity index is 1130. The lowest BCUT2D eigenvalue weighted by Gasteiger charge is -2.15. The lowest BCUT2D eigenvalue weighted by molar-refractivity contribution is 0.0932. The number of benzene rings is 2. The summed E-state index contributed by atoms with van der Waals surface area (Å²) in [7, 11) is 0. The van der Waals surface area contributed by atoms with Crippen LogP contribution in [-0.4, -0.2) is 28.5 Å². The van der Waals surface area contributed by atoms with E-state index in [-0.39, 0.29) is 12.0 Å². The molecule has 2 aromatic carbocycles. The van der Waals surface area contributed by atoms with Crippen LogP contribution >= 0.6 is 0 Å². The molecule has 6 nitrogen and oxygen atoms in total. The van der Waals surface area contributed by atoms with Crippen LogP contribution < -0.4 is 10.1 Å². The Morgan fingerprint density at radius 1 is 1.10 bits per heavy atom. The lowest BCUT2D eigenvalue weighted by Crippen LogP contribution is -2.33. The lowest BCUT2D eigenvalue weighted by atomic mass is 10.1. The van der Waals surface area contributed by atoms with Crippen LogP contribution in [0.15, 0.2) is 77.5 Å². The van der Waals surface area contributed by atoms with Crippen LogP contribution in [0.25, 0.3) is 11.1 Å². The maximum absolute atomic E-state index is 12.5. The molecule has 0 aliphatic carbocycles. The average Bonchev–Trinajstić information content (AvgIpc) is 3.21. The van der Waals surface area contributed by atoms with E-state index in [1.54, 1.807) is 30.6 Å². The Balaban J connectivity index is 1.31. The van der Waals surface area contributed by atoms with Gasteiger partial charge in [0.1, 0.15) is 17.4 Å². The summed E-state index contributed by atoms with van der Waals surface area (Å²) in [5, 5.41) is 2.90. The molecule has 4 rings (SSSR count). The van der Waals surface area contributed by atoms with Gasteiger partial charge in [-0.1, -0.05) is 30.3 Å². The molecule has 0 aliphatic rings. The number of aryl methyl sites for hydroxylation is 2. The maximum atomic E-state index is 12.5. The van der Waals surface area contributed by atoms with Crippen molar-refractivity contribution in [2.45, 2.75) is 32.3 Å². The van der Waals surface area contributed by atoms with Crippen molar-refractivity contribution in [3.8, 4) is 5.75 Å². The second-order valence-corrected chi connectivity index (χ2v) is 7.46. The largest absolute Gasteiger partial charge is 0.487 e. The molecule has 0 saturated heterocycles. The summed E-state index contributed by atoms with van der Waals surface area (Å²) >= 11 is 0. The third-order valence-corrected chi connectivity index (χ3v) is 4.91. The Morgan fingerprint density at radius 2 is 1.97 bits per heavy atom. The zero-order chi connectivity index (χ0) is 21.5. The highest BCUT2D eigenvalue weighted by Crippen LogP contribution is 2.19. The van der Waals surface area contributed by atoms with Crippen molar-refractivity contribution in [2.24, 2.45) is 0 Å². The van der Waals surface area contributed by atoms with Gasteiger partial charge in [-0.2, -0.15) is 0 Å². The summed E-state index contributed by atoms with van der Waals surface area (Å²) in [4.78, 5) is 21.1. The predicted molar refractivity (Wildman–Crippen MR) is 119 cm³/mol. The van der Waals surface area contributed by atoms with Crippen molar-refractivity contribution < 1.29 is 13.9 Å². The highest BCUT2D eigenvalue weighted by Gasteiger charge is 2.12. The topological polar surface area (TPSA) is 77.2 Å². The van der Waals surface area contributed by atoms with E-state index >= 15 is 0 Å². The molecule has 1 amide bonds. The standard InChI is InChI=1S/C25H25N3O3/c1-18(30-21-10-6-14-26-17-21)16-27-25(29)20-12-13-23-22(15-20)28-24(31-23)11-5-9-19-7-3-2-4-8-19/h2-4,6-8,10,12-15,17-18H,5,9,11,16H2,1H3,(H,27,29). The van der Waals surface area contributed by atoms with Crippen molar-refractivity contribution >= 4 is 17.0 Å². The van der Waals surface area contributed by atoms with Crippen molar-refractivity contribution in [2.75, 3.05) is 6.54 Å². The molecule has 0 saturated carbocycles. The minimum absolute atomic E-state index is 0.169. The number of rotatable bonds is 9. The number of carbonyl (C=O) groups is 1. The molecule has 4 aromatic rings. The van der Waals surface area contributed by atoms with E-state index in [2.05, 4.69) is 27.4 Å². The molecule has 2 aromatic heterocycles. The number of nitrogens with one attached hydrogen (secondary N) is 1. The van der Waals surface area contributed by atoms with Gasteiger partial charge in [0, 0.05) is 18.2 Å². The maximum Gasteiger partial charge on any atom is 0.251 e. The number of aromatic nitrogens is 2. The van der Waals surface area contributed by atoms with Gasteiger partial charge in [-0.3, -0.25) is 9.78 Å². The van der Waals surface area contributed by atoms with E-state index in [9.17, 15) is 4.79 Å². The number of oxazole rings is 1. The fraction of sp³-hybridized carbons (Fsp3) is 0.240.